The van der Waals surface area contributed by atoms with Crippen LogP contribution in [0.2, 0.25) is 0 Å². The normalized spacial score (nSPS) is 43.8. The molecule has 0 aromatic rings. The Balaban J connectivity index is 1.38. The van der Waals surface area contributed by atoms with Crippen LogP contribution in [0.1, 0.15) is 71.6 Å². The molecule has 0 bridgehead atoms. The van der Waals surface area contributed by atoms with Crippen LogP contribution in [-0.4, -0.2) is 31.1 Å². The molecule has 0 aromatic heterocycles. The van der Waals surface area contributed by atoms with Gasteiger partial charge < -0.3 is 14.2 Å². The molecule has 2 saturated carbocycles. The summed E-state index contributed by atoms with van der Waals surface area (Å²) in [7, 11) is 0. The maximum absolute atomic E-state index is 11.6. The highest BCUT2D eigenvalue weighted by Gasteiger charge is 2.57. The Labute approximate surface area is 156 Å². The van der Waals surface area contributed by atoms with Gasteiger partial charge in [-0.15, -0.1) is 0 Å². The van der Waals surface area contributed by atoms with Crippen LogP contribution >= 0.6 is 0 Å². The van der Waals surface area contributed by atoms with Crippen molar-refractivity contribution in [3.8, 4) is 0 Å². The highest BCUT2D eigenvalue weighted by molar-refractivity contribution is 5.66. The van der Waals surface area contributed by atoms with Crippen molar-refractivity contribution < 1.29 is 19.0 Å². The fourth-order valence-corrected chi connectivity index (χ4v) is 7.28. The predicted octanol–water partition coefficient (Wildman–Crippen LogP) is 4.38. The Morgan fingerprint density at radius 1 is 1.08 bits per heavy atom. The van der Waals surface area contributed by atoms with Gasteiger partial charge in [0, 0.05) is 25.2 Å². The summed E-state index contributed by atoms with van der Waals surface area (Å²) in [6.45, 7) is 5.47. The van der Waals surface area contributed by atoms with Gasteiger partial charge in [-0.25, -0.2) is 0 Å². The SMILES string of the molecule is CC(=O)O[C@H]1CC[C@H]2[C@@H]3CCC4=C(CCC5(C4)OCCO5)[C@H]3CC[C@]12C. The molecule has 0 aromatic carbocycles. The topological polar surface area (TPSA) is 44.8 Å². The van der Waals surface area contributed by atoms with Crippen molar-refractivity contribution in [2.45, 2.75) is 83.5 Å². The summed E-state index contributed by atoms with van der Waals surface area (Å²) in [5, 5.41) is 0. The lowest BCUT2D eigenvalue weighted by molar-refractivity contribution is -0.166. The second-order valence-electron chi connectivity index (χ2n) is 9.55. The summed E-state index contributed by atoms with van der Waals surface area (Å²) in [6, 6.07) is 0. The van der Waals surface area contributed by atoms with Crippen molar-refractivity contribution in [1.29, 1.82) is 0 Å². The maximum Gasteiger partial charge on any atom is 0.302 e. The number of esters is 1. The van der Waals surface area contributed by atoms with Gasteiger partial charge in [-0.3, -0.25) is 4.79 Å². The van der Waals surface area contributed by atoms with Crippen LogP contribution in [0.25, 0.3) is 0 Å². The Morgan fingerprint density at radius 3 is 2.65 bits per heavy atom. The van der Waals surface area contributed by atoms with Gasteiger partial charge in [0.05, 0.1) is 13.2 Å². The van der Waals surface area contributed by atoms with Gasteiger partial charge in [0.2, 0.25) is 0 Å². The van der Waals surface area contributed by atoms with Crippen LogP contribution < -0.4 is 0 Å². The van der Waals surface area contributed by atoms with Gasteiger partial charge in [0.15, 0.2) is 5.79 Å². The molecule has 0 N–H and O–H groups in total. The lowest BCUT2D eigenvalue weighted by atomic mass is 9.54. The second-order valence-corrected chi connectivity index (χ2v) is 9.55. The van der Waals surface area contributed by atoms with E-state index in [1.54, 1.807) is 18.1 Å². The zero-order valence-electron chi connectivity index (χ0n) is 16.2. The molecule has 5 atom stereocenters. The van der Waals surface area contributed by atoms with Crippen molar-refractivity contribution in [3.63, 3.8) is 0 Å². The molecule has 0 amide bonds. The lowest BCUT2D eigenvalue weighted by Gasteiger charge is -2.52. The van der Waals surface area contributed by atoms with E-state index < -0.39 is 0 Å². The largest absolute Gasteiger partial charge is 0.462 e. The molecular formula is C22H32O4. The molecule has 4 aliphatic carbocycles. The van der Waals surface area contributed by atoms with E-state index in [2.05, 4.69) is 6.92 Å². The number of allylic oxidation sites excluding steroid dienone is 1. The van der Waals surface area contributed by atoms with Crippen LogP contribution in [0.4, 0.5) is 0 Å². The number of ether oxygens (including phenoxy) is 3. The molecule has 1 heterocycles. The minimum absolute atomic E-state index is 0.109. The van der Waals surface area contributed by atoms with E-state index >= 15 is 0 Å². The van der Waals surface area contributed by atoms with Crippen molar-refractivity contribution >= 4 is 5.97 Å². The first kappa shape index (κ1) is 17.2. The molecule has 1 spiro atoms. The van der Waals surface area contributed by atoms with Crippen LogP contribution in [0.3, 0.4) is 0 Å². The Kier molecular flexibility index (Phi) is 4.02. The zero-order valence-corrected chi connectivity index (χ0v) is 16.2. The van der Waals surface area contributed by atoms with E-state index in [1.807, 2.05) is 0 Å². The minimum Gasteiger partial charge on any atom is -0.462 e. The van der Waals surface area contributed by atoms with Gasteiger partial charge in [0.25, 0.3) is 0 Å². The van der Waals surface area contributed by atoms with E-state index in [0.29, 0.717) is 0 Å². The summed E-state index contributed by atoms with van der Waals surface area (Å²) in [6.07, 6.45) is 10.6. The molecule has 26 heavy (non-hydrogen) atoms. The van der Waals surface area contributed by atoms with E-state index in [1.165, 1.54) is 32.1 Å². The number of carbonyl (C=O) groups excluding carboxylic acids is 1. The van der Waals surface area contributed by atoms with Crippen LogP contribution in [0.15, 0.2) is 11.1 Å². The molecule has 0 radical (unpaired) electrons. The maximum atomic E-state index is 11.6. The average Bonchev–Trinajstić information content (AvgIpc) is 3.19. The van der Waals surface area contributed by atoms with Crippen LogP contribution in [-0.2, 0) is 19.0 Å². The first-order valence-corrected chi connectivity index (χ1v) is 10.7. The van der Waals surface area contributed by atoms with Gasteiger partial charge in [0.1, 0.15) is 6.10 Å². The standard InChI is InChI=1S/C22H32O4/c1-14(23)26-20-6-5-19-18-4-3-15-13-22(24-11-12-25-22)10-8-16(15)17(18)7-9-21(19,20)2/h17-20H,3-13H2,1-2H3/t17-,18-,19+,20+,21+/m1/s1. The molecule has 5 aliphatic rings. The summed E-state index contributed by atoms with van der Waals surface area (Å²) in [4.78, 5) is 11.6. The van der Waals surface area contributed by atoms with Gasteiger partial charge in [-0.1, -0.05) is 18.1 Å². The summed E-state index contributed by atoms with van der Waals surface area (Å²) in [5.41, 5.74) is 3.60. The molecule has 1 saturated heterocycles. The molecule has 1 aliphatic heterocycles. The lowest BCUT2D eigenvalue weighted by Crippen LogP contribution is -2.47. The highest BCUT2D eigenvalue weighted by Crippen LogP contribution is 2.62. The number of hydrogen-bond acceptors (Lipinski definition) is 4. The number of rotatable bonds is 1. The first-order chi connectivity index (χ1) is 12.5. The zero-order chi connectivity index (χ0) is 17.9. The van der Waals surface area contributed by atoms with E-state index in [0.717, 1.165) is 56.7 Å². The quantitative estimate of drug-likeness (QED) is 0.514. The summed E-state index contributed by atoms with van der Waals surface area (Å²) >= 11 is 0. The summed E-state index contributed by atoms with van der Waals surface area (Å²) in [5.74, 6) is 1.86. The minimum atomic E-state index is -0.289. The van der Waals surface area contributed by atoms with Crippen molar-refractivity contribution in [2.75, 3.05) is 13.2 Å². The molecule has 144 valence electrons. The Bertz CT molecular complexity index is 632. The smallest absolute Gasteiger partial charge is 0.302 e. The van der Waals surface area contributed by atoms with Gasteiger partial charge in [-0.2, -0.15) is 0 Å². The van der Waals surface area contributed by atoms with Crippen molar-refractivity contribution in [3.05, 3.63) is 11.1 Å². The Hall–Kier alpha value is -0.870. The van der Waals surface area contributed by atoms with Crippen LogP contribution in [0, 0.1) is 23.2 Å². The number of fused-ring (bicyclic) bond motifs is 4. The molecule has 5 rings (SSSR count). The van der Waals surface area contributed by atoms with Gasteiger partial charge in [-0.05, 0) is 62.7 Å². The third-order valence-electron chi connectivity index (χ3n) is 8.41. The van der Waals surface area contributed by atoms with Crippen molar-refractivity contribution in [2.24, 2.45) is 23.2 Å². The third-order valence-corrected chi connectivity index (χ3v) is 8.41. The molecular weight excluding hydrogens is 328 g/mol. The predicted molar refractivity (Wildman–Crippen MR) is 97.3 cm³/mol. The van der Waals surface area contributed by atoms with E-state index in [4.69, 9.17) is 14.2 Å². The first-order valence-electron chi connectivity index (χ1n) is 10.7. The molecule has 0 unspecified atom stereocenters. The highest BCUT2D eigenvalue weighted by atomic mass is 16.7. The Morgan fingerprint density at radius 2 is 1.88 bits per heavy atom. The van der Waals surface area contributed by atoms with Gasteiger partial charge >= 0.3 is 5.97 Å². The fourth-order valence-electron chi connectivity index (χ4n) is 7.28. The van der Waals surface area contributed by atoms with Crippen molar-refractivity contribution in [1.82, 2.24) is 0 Å². The van der Waals surface area contributed by atoms with E-state index in [-0.39, 0.29) is 23.3 Å². The second kappa shape index (κ2) is 6.07. The molecule has 4 heteroatoms. The molecule has 3 fully saturated rings. The average molecular weight is 360 g/mol. The van der Waals surface area contributed by atoms with E-state index in [9.17, 15) is 4.79 Å². The number of hydrogen-bond donors (Lipinski definition) is 0. The fraction of sp³-hybridized carbons (Fsp3) is 0.864. The monoisotopic (exact) mass is 360 g/mol. The molecule has 4 nitrogen and oxygen atoms in total. The third kappa shape index (κ3) is 2.51. The van der Waals surface area contributed by atoms with Crippen LogP contribution in [0.5, 0.6) is 0 Å². The number of carbonyl (C=O) groups is 1. The summed E-state index contributed by atoms with van der Waals surface area (Å²) < 4.78 is 17.7.